The maximum absolute atomic E-state index is 13.5. The van der Waals surface area contributed by atoms with Crippen LogP contribution in [0.1, 0.15) is 75.3 Å². The monoisotopic (exact) mass is 552 g/mol. The van der Waals surface area contributed by atoms with Crippen LogP contribution in [0.3, 0.4) is 0 Å². The number of benzene rings is 2. The predicted molar refractivity (Wildman–Crippen MR) is 156 cm³/mol. The van der Waals surface area contributed by atoms with Crippen LogP contribution in [0.2, 0.25) is 0 Å². The number of aromatic nitrogens is 2. The Kier molecular flexibility index (Phi) is 9.32. The fraction of sp³-hybridized carbons (Fsp3) is 0.433. The second-order valence-corrected chi connectivity index (χ2v) is 10.3. The molecule has 0 saturated carbocycles. The summed E-state index contributed by atoms with van der Waals surface area (Å²) in [5, 5.41) is 13.0. The number of fused-ring (bicyclic) bond motifs is 2. The van der Waals surface area contributed by atoms with Crippen molar-refractivity contribution in [3.63, 3.8) is 0 Å². The molecule has 2 bridgehead atoms. The van der Waals surface area contributed by atoms with E-state index in [4.69, 9.17) is 4.74 Å². The standard InChI is InChI=1S/C30H35FN4O3.H2S/c1-3-19(16-29(36)37)21-7-12-28(27(15-21)34-24-17-32-30(33-18-24)38-4-2)35-25-10-11-26(35)14-22(13-25)20-5-8-23(31)9-6-20;/h5-9,12,15,17-19,22,25-26,34H,3-4,10-11,13-14,16H2,1-2H3,(H,36,37);1H2/t19-,22?,25?,26?;/m0./s1. The first-order chi connectivity index (χ1) is 18.4. The normalized spacial score (nSPS) is 20.7. The molecule has 39 heavy (non-hydrogen) atoms. The molecule has 3 aromatic rings. The Morgan fingerprint density at radius 2 is 1.77 bits per heavy atom. The average molecular weight is 553 g/mol. The number of carbonyl (C=O) groups is 1. The molecule has 2 unspecified atom stereocenters. The smallest absolute Gasteiger partial charge is 0.316 e. The zero-order chi connectivity index (χ0) is 26.6. The second kappa shape index (κ2) is 12.7. The maximum atomic E-state index is 13.5. The Labute approximate surface area is 236 Å². The Morgan fingerprint density at radius 3 is 2.36 bits per heavy atom. The van der Waals surface area contributed by atoms with Crippen LogP contribution in [0.4, 0.5) is 21.5 Å². The van der Waals surface area contributed by atoms with E-state index in [1.54, 1.807) is 24.5 Å². The molecule has 2 saturated heterocycles. The molecule has 0 radical (unpaired) electrons. The minimum absolute atomic E-state index is 0. The van der Waals surface area contributed by atoms with Gasteiger partial charge in [-0.05, 0) is 86.3 Å². The van der Waals surface area contributed by atoms with E-state index in [-0.39, 0.29) is 31.7 Å². The zero-order valence-corrected chi connectivity index (χ0v) is 23.4. The predicted octanol–water partition coefficient (Wildman–Crippen LogP) is 6.75. The molecule has 2 aromatic carbocycles. The number of piperidine rings is 1. The molecule has 0 aliphatic carbocycles. The zero-order valence-electron chi connectivity index (χ0n) is 22.4. The number of halogens is 1. The highest BCUT2D eigenvalue weighted by atomic mass is 32.1. The largest absolute Gasteiger partial charge is 0.481 e. The molecule has 9 heteroatoms. The molecule has 0 spiro atoms. The third kappa shape index (κ3) is 6.46. The number of nitrogens with one attached hydrogen (secondary N) is 1. The summed E-state index contributed by atoms with van der Waals surface area (Å²) in [6, 6.07) is 14.4. The van der Waals surface area contributed by atoms with Gasteiger partial charge in [-0.25, -0.2) is 14.4 Å². The molecular formula is C30H37FN4O3S. The average Bonchev–Trinajstić information content (AvgIpc) is 3.17. The highest BCUT2D eigenvalue weighted by molar-refractivity contribution is 7.59. The van der Waals surface area contributed by atoms with E-state index in [0.29, 0.717) is 30.6 Å². The Bertz CT molecular complexity index is 1240. The van der Waals surface area contributed by atoms with Gasteiger partial charge in [-0.15, -0.1) is 0 Å². The van der Waals surface area contributed by atoms with Crippen LogP contribution in [0.15, 0.2) is 54.9 Å². The van der Waals surface area contributed by atoms with E-state index < -0.39 is 5.97 Å². The fourth-order valence-electron chi connectivity index (χ4n) is 6.16. The first-order valence-corrected chi connectivity index (χ1v) is 13.6. The van der Waals surface area contributed by atoms with Crippen LogP contribution < -0.4 is 15.0 Å². The molecule has 5 rings (SSSR count). The summed E-state index contributed by atoms with van der Waals surface area (Å²) >= 11 is 0. The van der Waals surface area contributed by atoms with Gasteiger partial charge in [0, 0.05) is 12.1 Å². The lowest BCUT2D eigenvalue weighted by Crippen LogP contribution is -2.42. The molecular weight excluding hydrogens is 515 g/mol. The lowest BCUT2D eigenvalue weighted by Gasteiger charge is -2.42. The third-order valence-corrected chi connectivity index (χ3v) is 7.94. The number of ether oxygens (including phenoxy) is 1. The van der Waals surface area contributed by atoms with Crippen molar-refractivity contribution in [1.82, 2.24) is 9.97 Å². The van der Waals surface area contributed by atoms with Crippen LogP contribution >= 0.6 is 13.5 Å². The molecule has 2 aliphatic heterocycles. The van der Waals surface area contributed by atoms with Crippen molar-refractivity contribution in [2.75, 3.05) is 16.8 Å². The summed E-state index contributed by atoms with van der Waals surface area (Å²) < 4.78 is 18.9. The van der Waals surface area contributed by atoms with E-state index in [1.165, 1.54) is 5.56 Å². The number of carboxylic acid groups (broad SMARTS) is 1. The van der Waals surface area contributed by atoms with Crippen LogP contribution in [-0.2, 0) is 4.79 Å². The molecule has 208 valence electrons. The van der Waals surface area contributed by atoms with Crippen LogP contribution in [0.5, 0.6) is 6.01 Å². The molecule has 1 aromatic heterocycles. The Hall–Kier alpha value is -3.33. The number of hydrogen-bond acceptors (Lipinski definition) is 6. The Morgan fingerprint density at radius 1 is 1.10 bits per heavy atom. The first-order valence-electron chi connectivity index (χ1n) is 13.6. The summed E-state index contributed by atoms with van der Waals surface area (Å²) in [6.07, 6.45) is 8.52. The molecule has 3 heterocycles. The number of carboxylic acids is 1. The Balaban J connectivity index is 0.00000353. The highest BCUT2D eigenvalue weighted by Gasteiger charge is 2.42. The van der Waals surface area contributed by atoms with Gasteiger partial charge in [-0.1, -0.05) is 25.1 Å². The van der Waals surface area contributed by atoms with Gasteiger partial charge in [0.25, 0.3) is 0 Å². The topological polar surface area (TPSA) is 87.6 Å². The third-order valence-electron chi connectivity index (χ3n) is 7.94. The highest BCUT2D eigenvalue weighted by Crippen LogP contribution is 2.48. The molecule has 0 amide bonds. The van der Waals surface area contributed by atoms with Crippen molar-refractivity contribution in [3.05, 3.63) is 71.8 Å². The quantitative estimate of drug-likeness (QED) is 0.288. The van der Waals surface area contributed by atoms with Crippen molar-refractivity contribution in [3.8, 4) is 6.01 Å². The summed E-state index contributed by atoms with van der Waals surface area (Å²) in [4.78, 5) is 22.6. The lowest BCUT2D eigenvalue weighted by atomic mass is 9.84. The number of aliphatic carboxylic acids is 1. The number of nitrogens with zero attached hydrogens (tertiary/aromatic N) is 3. The first kappa shape index (κ1) is 28.7. The summed E-state index contributed by atoms with van der Waals surface area (Å²) in [7, 11) is 0. The van der Waals surface area contributed by atoms with Crippen LogP contribution in [0, 0.1) is 5.82 Å². The van der Waals surface area contributed by atoms with E-state index in [0.717, 1.165) is 54.7 Å². The maximum Gasteiger partial charge on any atom is 0.316 e. The van der Waals surface area contributed by atoms with Crippen LogP contribution in [0.25, 0.3) is 0 Å². The fourth-order valence-corrected chi connectivity index (χ4v) is 6.16. The molecule has 2 aliphatic rings. The van der Waals surface area contributed by atoms with E-state index in [1.807, 2.05) is 26.0 Å². The van der Waals surface area contributed by atoms with Gasteiger partial charge in [-0.2, -0.15) is 13.5 Å². The van der Waals surface area contributed by atoms with E-state index >= 15 is 0 Å². The minimum Gasteiger partial charge on any atom is -0.481 e. The van der Waals surface area contributed by atoms with Gasteiger partial charge in [0.2, 0.25) is 0 Å². The van der Waals surface area contributed by atoms with Crippen molar-refractivity contribution in [1.29, 1.82) is 0 Å². The van der Waals surface area contributed by atoms with E-state index in [2.05, 4.69) is 38.4 Å². The summed E-state index contributed by atoms with van der Waals surface area (Å²) in [5.41, 5.74) is 4.99. The lowest BCUT2D eigenvalue weighted by molar-refractivity contribution is -0.137. The SMILES string of the molecule is CCOc1ncc(Nc2cc([C@@H](CC)CC(=O)O)ccc2N2C3CCC2CC(c2ccc(F)cc2)C3)cn1.S. The van der Waals surface area contributed by atoms with Crippen molar-refractivity contribution in [2.24, 2.45) is 0 Å². The summed E-state index contributed by atoms with van der Waals surface area (Å²) in [5.74, 6) is -0.646. The number of hydrogen-bond donors (Lipinski definition) is 2. The molecule has 2 fully saturated rings. The number of rotatable bonds is 10. The minimum atomic E-state index is -0.795. The second-order valence-electron chi connectivity index (χ2n) is 10.3. The molecule has 3 atom stereocenters. The van der Waals surface area contributed by atoms with Gasteiger partial charge in [-0.3, -0.25) is 4.79 Å². The summed E-state index contributed by atoms with van der Waals surface area (Å²) in [6.45, 7) is 4.41. The van der Waals surface area contributed by atoms with Crippen LogP contribution in [-0.4, -0.2) is 39.7 Å². The van der Waals surface area contributed by atoms with Crippen molar-refractivity contribution in [2.45, 2.75) is 76.3 Å². The van der Waals surface area contributed by atoms with Gasteiger partial charge < -0.3 is 20.1 Å². The van der Waals surface area contributed by atoms with Gasteiger partial charge in [0.05, 0.1) is 42.5 Å². The van der Waals surface area contributed by atoms with E-state index in [9.17, 15) is 14.3 Å². The molecule has 7 nitrogen and oxygen atoms in total. The van der Waals surface area contributed by atoms with Gasteiger partial charge in [0.15, 0.2) is 0 Å². The number of anilines is 3. The van der Waals surface area contributed by atoms with Crippen molar-refractivity contribution >= 4 is 36.5 Å². The van der Waals surface area contributed by atoms with Gasteiger partial charge >= 0.3 is 12.0 Å². The molecule has 2 N–H and O–H groups in total. The van der Waals surface area contributed by atoms with Gasteiger partial charge in [0.1, 0.15) is 5.82 Å². The van der Waals surface area contributed by atoms with Crippen molar-refractivity contribution < 1.29 is 19.0 Å².